The number of amides is 1. The molecule has 8 heteroatoms. The van der Waals surface area contributed by atoms with Crippen molar-refractivity contribution < 1.29 is 13.2 Å². The molecule has 0 aliphatic carbocycles. The van der Waals surface area contributed by atoms with Crippen molar-refractivity contribution >= 4 is 27.0 Å². The predicted molar refractivity (Wildman–Crippen MR) is 109 cm³/mol. The van der Waals surface area contributed by atoms with E-state index in [1.165, 1.54) is 19.2 Å². The number of hydrogen-bond donors (Lipinski definition) is 2. The molecule has 0 aliphatic heterocycles. The van der Waals surface area contributed by atoms with Crippen LogP contribution in [0.25, 0.3) is 11.0 Å². The molecule has 0 aliphatic rings. The number of aromatic nitrogens is 2. The van der Waals surface area contributed by atoms with Crippen LogP contribution in [0.4, 0.5) is 0 Å². The van der Waals surface area contributed by atoms with Crippen molar-refractivity contribution in [2.45, 2.75) is 31.7 Å². The Morgan fingerprint density at radius 2 is 1.89 bits per heavy atom. The third kappa shape index (κ3) is 4.07. The highest BCUT2D eigenvalue weighted by Crippen LogP contribution is 2.17. The van der Waals surface area contributed by atoms with Gasteiger partial charge in [-0.05, 0) is 57.1 Å². The molecule has 2 N–H and O–H groups in total. The van der Waals surface area contributed by atoms with Crippen molar-refractivity contribution in [2.24, 2.45) is 0 Å². The maximum atomic E-state index is 12.5. The lowest BCUT2D eigenvalue weighted by Gasteiger charge is -2.11. The van der Waals surface area contributed by atoms with Crippen molar-refractivity contribution in [3.05, 3.63) is 59.4 Å². The van der Waals surface area contributed by atoms with Gasteiger partial charge in [0.1, 0.15) is 5.82 Å². The zero-order valence-corrected chi connectivity index (χ0v) is 17.0. The minimum absolute atomic E-state index is 0.0752. The topological polar surface area (TPSA) is 93.1 Å². The molecule has 0 atom stereocenters. The zero-order valence-electron chi connectivity index (χ0n) is 16.2. The van der Waals surface area contributed by atoms with Gasteiger partial charge in [-0.25, -0.2) is 18.1 Å². The third-order valence-corrected chi connectivity index (χ3v) is 6.13. The molecule has 1 aromatic heterocycles. The van der Waals surface area contributed by atoms with Gasteiger partial charge in [-0.3, -0.25) is 4.79 Å². The van der Waals surface area contributed by atoms with E-state index in [0.29, 0.717) is 12.1 Å². The molecule has 0 bridgehead atoms. The van der Waals surface area contributed by atoms with E-state index in [2.05, 4.69) is 19.6 Å². The van der Waals surface area contributed by atoms with Crippen molar-refractivity contribution in [2.75, 3.05) is 13.6 Å². The molecule has 2 aromatic carbocycles. The van der Waals surface area contributed by atoms with Gasteiger partial charge in [0.05, 0.1) is 15.9 Å². The van der Waals surface area contributed by atoms with Crippen LogP contribution in [-0.2, 0) is 16.6 Å². The van der Waals surface area contributed by atoms with Gasteiger partial charge in [-0.2, -0.15) is 0 Å². The summed E-state index contributed by atoms with van der Waals surface area (Å²) in [5.74, 6) is 0.659. The fourth-order valence-corrected chi connectivity index (χ4v) is 3.90. The average Bonchev–Trinajstić information content (AvgIpc) is 3.00. The van der Waals surface area contributed by atoms with E-state index in [0.717, 1.165) is 35.4 Å². The molecule has 1 amide bonds. The molecule has 1 heterocycles. The Balaban J connectivity index is 1.65. The third-order valence-electron chi connectivity index (χ3n) is 4.72. The van der Waals surface area contributed by atoms with Gasteiger partial charge in [0.25, 0.3) is 5.91 Å². The summed E-state index contributed by atoms with van der Waals surface area (Å²) in [6.07, 6.45) is 0.737. The van der Waals surface area contributed by atoms with Crippen LogP contribution in [0.5, 0.6) is 0 Å². The van der Waals surface area contributed by atoms with Gasteiger partial charge >= 0.3 is 0 Å². The Bertz CT molecular complexity index is 1120. The van der Waals surface area contributed by atoms with Gasteiger partial charge < -0.3 is 9.88 Å². The minimum Gasteiger partial charge on any atom is -0.352 e. The van der Waals surface area contributed by atoms with Crippen LogP contribution >= 0.6 is 0 Å². The quantitative estimate of drug-likeness (QED) is 0.596. The number of hydrogen-bond acceptors (Lipinski definition) is 4. The van der Waals surface area contributed by atoms with Crippen LogP contribution < -0.4 is 10.0 Å². The highest BCUT2D eigenvalue weighted by molar-refractivity contribution is 7.89. The first-order valence-corrected chi connectivity index (χ1v) is 10.6. The second kappa shape index (κ2) is 8.12. The Morgan fingerprint density at radius 3 is 2.64 bits per heavy atom. The molecule has 0 fully saturated rings. The molecular weight excluding hydrogens is 376 g/mol. The summed E-state index contributed by atoms with van der Waals surface area (Å²) in [5, 5.41) is 2.88. The number of para-hydroxylation sites is 2. The van der Waals surface area contributed by atoms with Crippen molar-refractivity contribution in [3.63, 3.8) is 0 Å². The number of carbonyl (C=O) groups is 1. The first kappa shape index (κ1) is 20.0. The predicted octanol–water partition coefficient (Wildman–Crippen LogP) is 2.38. The van der Waals surface area contributed by atoms with Gasteiger partial charge in [0.15, 0.2) is 0 Å². The molecular formula is C20H24N4O3S. The van der Waals surface area contributed by atoms with Crippen LogP contribution in [0.1, 0.15) is 28.2 Å². The van der Waals surface area contributed by atoms with Crippen LogP contribution in [0.3, 0.4) is 0 Å². The molecule has 148 valence electrons. The maximum absolute atomic E-state index is 12.5. The standard InChI is InChI=1S/C20H24N4O3S/c1-14-9-10-16(28(26,27)21-3)13-17(14)20(25)22-11-6-12-24-15(2)23-18-7-4-5-8-19(18)24/h4-5,7-10,13,21H,6,11-12H2,1-3H3,(H,22,25). The first-order valence-electron chi connectivity index (χ1n) is 9.08. The van der Waals surface area contributed by atoms with Gasteiger partial charge in [0, 0.05) is 18.7 Å². The van der Waals surface area contributed by atoms with Crippen LogP contribution in [0.2, 0.25) is 0 Å². The lowest BCUT2D eigenvalue weighted by Crippen LogP contribution is -2.27. The molecule has 0 saturated carbocycles. The van der Waals surface area contributed by atoms with Gasteiger partial charge in [0.2, 0.25) is 10.0 Å². The van der Waals surface area contributed by atoms with Crippen molar-refractivity contribution in [1.82, 2.24) is 19.6 Å². The summed E-state index contributed by atoms with van der Waals surface area (Å²) < 4.78 is 28.3. The highest BCUT2D eigenvalue weighted by atomic mass is 32.2. The summed E-state index contributed by atoms with van der Waals surface area (Å²) in [5.41, 5.74) is 3.12. The number of fused-ring (bicyclic) bond motifs is 1. The number of benzene rings is 2. The summed E-state index contributed by atoms with van der Waals surface area (Å²) in [4.78, 5) is 17.1. The minimum atomic E-state index is -3.59. The number of nitrogens with one attached hydrogen (secondary N) is 2. The fourth-order valence-electron chi connectivity index (χ4n) is 3.14. The maximum Gasteiger partial charge on any atom is 0.251 e. The van der Waals surface area contributed by atoms with Crippen LogP contribution in [-0.4, -0.2) is 37.5 Å². The molecule has 28 heavy (non-hydrogen) atoms. The molecule has 0 saturated heterocycles. The van der Waals surface area contributed by atoms with E-state index >= 15 is 0 Å². The number of sulfonamides is 1. The van der Waals surface area contributed by atoms with E-state index in [4.69, 9.17) is 0 Å². The number of carbonyl (C=O) groups excluding carboxylic acids is 1. The van der Waals surface area contributed by atoms with Crippen molar-refractivity contribution in [1.29, 1.82) is 0 Å². The number of rotatable bonds is 7. The second-order valence-corrected chi connectivity index (χ2v) is 8.48. The van der Waals surface area contributed by atoms with Gasteiger partial charge in [-0.1, -0.05) is 18.2 Å². The highest BCUT2D eigenvalue weighted by Gasteiger charge is 2.16. The molecule has 0 radical (unpaired) electrons. The first-order chi connectivity index (χ1) is 13.3. The fraction of sp³-hybridized carbons (Fsp3) is 0.300. The second-order valence-electron chi connectivity index (χ2n) is 6.59. The number of aryl methyl sites for hydroxylation is 3. The SMILES string of the molecule is CNS(=O)(=O)c1ccc(C)c(C(=O)NCCCn2c(C)nc3ccccc32)c1. The summed E-state index contributed by atoms with van der Waals surface area (Å²) in [6.45, 7) is 4.97. The van der Waals surface area contributed by atoms with Crippen LogP contribution in [0.15, 0.2) is 47.4 Å². The Kier molecular flexibility index (Phi) is 5.81. The Labute approximate surface area is 164 Å². The molecule has 3 rings (SSSR count). The normalized spacial score (nSPS) is 11.7. The largest absolute Gasteiger partial charge is 0.352 e. The lowest BCUT2D eigenvalue weighted by molar-refractivity contribution is 0.0952. The van der Waals surface area contributed by atoms with Crippen LogP contribution in [0, 0.1) is 13.8 Å². The van der Waals surface area contributed by atoms with Crippen molar-refractivity contribution in [3.8, 4) is 0 Å². The molecule has 0 unspecified atom stereocenters. The Hall–Kier alpha value is -2.71. The van der Waals surface area contributed by atoms with E-state index < -0.39 is 10.0 Å². The number of imidazole rings is 1. The summed E-state index contributed by atoms with van der Waals surface area (Å²) in [6, 6.07) is 12.5. The summed E-state index contributed by atoms with van der Waals surface area (Å²) in [7, 11) is -2.25. The van der Waals surface area contributed by atoms with Gasteiger partial charge in [-0.15, -0.1) is 0 Å². The monoisotopic (exact) mass is 400 g/mol. The van der Waals surface area contributed by atoms with E-state index in [1.54, 1.807) is 13.0 Å². The Morgan fingerprint density at radius 1 is 1.14 bits per heavy atom. The van der Waals surface area contributed by atoms with E-state index in [1.807, 2.05) is 31.2 Å². The molecule has 7 nitrogen and oxygen atoms in total. The zero-order chi connectivity index (χ0) is 20.3. The average molecular weight is 401 g/mol. The molecule has 3 aromatic rings. The lowest BCUT2D eigenvalue weighted by atomic mass is 10.1. The smallest absolute Gasteiger partial charge is 0.251 e. The molecule has 0 spiro atoms. The summed E-state index contributed by atoms with van der Waals surface area (Å²) >= 11 is 0. The van der Waals surface area contributed by atoms with E-state index in [-0.39, 0.29) is 10.8 Å². The number of nitrogens with zero attached hydrogens (tertiary/aromatic N) is 2. The van der Waals surface area contributed by atoms with E-state index in [9.17, 15) is 13.2 Å².